The van der Waals surface area contributed by atoms with E-state index in [0.717, 1.165) is 11.1 Å². The topological polar surface area (TPSA) is 69.7 Å². The minimum Gasteiger partial charge on any atom is -0.348 e. The van der Waals surface area contributed by atoms with Crippen LogP contribution in [0.4, 0.5) is 0 Å². The van der Waals surface area contributed by atoms with Gasteiger partial charge in [0.05, 0.1) is 18.3 Å². The first-order chi connectivity index (χ1) is 13.8. The molecule has 8 heteroatoms. The van der Waals surface area contributed by atoms with E-state index in [-0.39, 0.29) is 24.2 Å². The summed E-state index contributed by atoms with van der Waals surface area (Å²) in [7, 11) is -3.35. The largest absolute Gasteiger partial charge is 0.348 e. The van der Waals surface area contributed by atoms with Crippen LogP contribution in [-0.2, 0) is 20.6 Å². The smallest absolute Gasteiger partial charge is 0.234 e. The molecule has 1 heterocycles. The van der Waals surface area contributed by atoms with E-state index < -0.39 is 10.0 Å². The maximum atomic E-state index is 12.6. The number of amides is 1. The van der Waals surface area contributed by atoms with Gasteiger partial charge in [0.15, 0.2) is 0 Å². The Hall–Kier alpha value is -1.93. The van der Waals surface area contributed by atoms with Gasteiger partial charge < -0.3 is 5.32 Å². The third-order valence-electron chi connectivity index (χ3n) is 5.03. The van der Waals surface area contributed by atoms with Crippen LogP contribution >= 0.6 is 11.6 Å². The molecule has 2 aromatic carbocycles. The van der Waals surface area contributed by atoms with E-state index in [1.807, 2.05) is 54.3 Å². The van der Waals surface area contributed by atoms with Crippen molar-refractivity contribution in [2.75, 3.05) is 32.7 Å². The second kappa shape index (κ2) is 9.71. The molecule has 0 aromatic heterocycles. The quantitative estimate of drug-likeness (QED) is 0.725. The first kappa shape index (κ1) is 21.8. The number of rotatable bonds is 7. The predicted octanol–water partition coefficient (Wildman–Crippen LogP) is 2.66. The van der Waals surface area contributed by atoms with Gasteiger partial charge in [-0.05, 0) is 30.2 Å². The van der Waals surface area contributed by atoms with Crippen molar-refractivity contribution >= 4 is 27.5 Å². The normalized spacial score (nSPS) is 17.0. The first-order valence-electron chi connectivity index (χ1n) is 9.62. The van der Waals surface area contributed by atoms with Crippen molar-refractivity contribution in [3.05, 3.63) is 70.7 Å². The van der Waals surface area contributed by atoms with Gasteiger partial charge in [-0.2, -0.15) is 4.31 Å². The SMILES string of the molecule is C[C@@H](NC(=O)CN1CCN(S(=O)(=O)Cc2ccccc2)CC1)c1ccc(Cl)cc1. The lowest BCUT2D eigenvalue weighted by molar-refractivity contribution is -0.123. The fraction of sp³-hybridized carbons (Fsp3) is 0.381. The molecule has 0 saturated carbocycles. The number of benzene rings is 2. The van der Waals surface area contributed by atoms with Crippen LogP contribution in [0.1, 0.15) is 24.1 Å². The van der Waals surface area contributed by atoms with Gasteiger partial charge in [0.25, 0.3) is 0 Å². The third kappa shape index (κ3) is 6.27. The molecule has 1 saturated heterocycles. The fourth-order valence-electron chi connectivity index (χ4n) is 3.37. The molecule has 3 rings (SSSR count). The molecule has 1 N–H and O–H groups in total. The summed E-state index contributed by atoms with van der Waals surface area (Å²) in [5, 5.41) is 3.64. The Morgan fingerprint density at radius 2 is 1.66 bits per heavy atom. The Kier molecular flexibility index (Phi) is 7.29. The summed E-state index contributed by atoms with van der Waals surface area (Å²) in [6, 6.07) is 16.5. The van der Waals surface area contributed by atoms with E-state index in [2.05, 4.69) is 5.32 Å². The molecule has 0 bridgehead atoms. The summed E-state index contributed by atoms with van der Waals surface area (Å²) in [5.41, 5.74) is 1.77. The highest BCUT2D eigenvalue weighted by atomic mass is 35.5. The summed E-state index contributed by atoms with van der Waals surface area (Å²) in [6.45, 7) is 4.05. The molecular formula is C21H26ClN3O3S. The highest BCUT2D eigenvalue weighted by molar-refractivity contribution is 7.88. The van der Waals surface area contributed by atoms with Crippen LogP contribution in [0, 0.1) is 0 Å². The number of nitrogens with zero attached hydrogens (tertiary/aromatic N) is 2. The number of piperazine rings is 1. The van der Waals surface area contributed by atoms with Gasteiger partial charge in [-0.15, -0.1) is 0 Å². The Bertz CT molecular complexity index is 912. The average Bonchev–Trinajstić information content (AvgIpc) is 2.69. The summed E-state index contributed by atoms with van der Waals surface area (Å²) in [4.78, 5) is 14.4. The Morgan fingerprint density at radius 3 is 2.28 bits per heavy atom. The van der Waals surface area contributed by atoms with E-state index in [0.29, 0.717) is 31.2 Å². The van der Waals surface area contributed by atoms with Crippen molar-refractivity contribution in [2.45, 2.75) is 18.7 Å². The molecule has 0 unspecified atom stereocenters. The summed E-state index contributed by atoms with van der Waals surface area (Å²) in [6.07, 6.45) is 0. The van der Waals surface area contributed by atoms with Crippen LogP contribution in [0.5, 0.6) is 0 Å². The average molecular weight is 436 g/mol. The molecule has 0 spiro atoms. The zero-order valence-corrected chi connectivity index (χ0v) is 18.0. The molecule has 2 aromatic rings. The van der Waals surface area contributed by atoms with E-state index >= 15 is 0 Å². The van der Waals surface area contributed by atoms with E-state index in [1.54, 1.807) is 12.1 Å². The van der Waals surface area contributed by atoms with E-state index in [9.17, 15) is 13.2 Å². The Morgan fingerprint density at radius 1 is 1.03 bits per heavy atom. The number of carbonyl (C=O) groups is 1. The molecule has 1 fully saturated rings. The molecule has 0 aliphatic carbocycles. The molecule has 29 heavy (non-hydrogen) atoms. The van der Waals surface area contributed by atoms with Crippen molar-refractivity contribution in [1.29, 1.82) is 0 Å². The van der Waals surface area contributed by atoms with Gasteiger partial charge in [-0.1, -0.05) is 54.1 Å². The van der Waals surface area contributed by atoms with E-state index in [1.165, 1.54) is 4.31 Å². The predicted molar refractivity (Wildman–Crippen MR) is 115 cm³/mol. The first-order valence-corrected chi connectivity index (χ1v) is 11.6. The minimum atomic E-state index is -3.35. The summed E-state index contributed by atoms with van der Waals surface area (Å²) < 4.78 is 26.8. The zero-order valence-electron chi connectivity index (χ0n) is 16.4. The van der Waals surface area contributed by atoms with E-state index in [4.69, 9.17) is 11.6 Å². The third-order valence-corrected chi connectivity index (χ3v) is 7.13. The monoisotopic (exact) mass is 435 g/mol. The van der Waals surface area contributed by atoms with Crippen LogP contribution in [0.25, 0.3) is 0 Å². The van der Waals surface area contributed by atoms with Gasteiger partial charge in [0, 0.05) is 31.2 Å². The number of sulfonamides is 1. The van der Waals surface area contributed by atoms with Crippen LogP contribution in [0.2, 0.25) is 5.02 Å². The lowest BCUT2D eigenvalue weighted by Gasteiger charge is -2.33. The van der Waals surface area contributed by atoms with Crippen molar-refractivity contribution in [3.63, 3.8) is 0 Å². The standard InChI is InChI=1S/C21H26ClN3O3S/c1-17(19-7-9-20(22)10-8-19)23-21(26)15-24-11-13-25(14-12-24)29(27,28)16-18-5-3-2-4-6-18/h2-10,17H,11-16H2,1H3,(H,23,26)/t17-/m1/s1. The number of hydrogen-bond acceptors (Lipinski definition) is 4. The molecule has 6 nitrogen and oxygen atoms in total. The lowest BCUT2D eigenvalue weighted by atomic mass is 10.1. The van der Waals surface area contributed by atoms with Gasteiger partial charge >= 0.3 is 0 Å². The highest BCUT2D eigenvalue weighted by Crippen LogP contribution is 2.16. The molecule has 1 aliphatic rings. The van der Waals surface area contributed by atoms with Crippen LogP contribution in [0.15, 0.2) is 54.6 Å². The van der Waals surface area contributed by atoms with Crippen molar-refractivity contribution in [1.82, 2.24) is 14.5 Å². The molecule has 156 valence electrons. The molecule has 1 aliphatic heterocycles. The zero-order chi connectivity index (χ0) is 20.9. The molecule has 1 atom stereocenters. The summed E-state index contributed by atoms with van der Waals surface area (Å²) >= 11 is 5.90. The van der Waals surface area contributed by atoms with Crippen LogP contribution in [-0.4, -0.2) is 56.3 Å². The fourth-order valence-corrected chi connectivity index (χ4v) is 5.01. The number of halogens is 1. The Labute approximate surface area is 177 Å². The number of nitrogens with one attached hydrogen (secondary N) is 1. The second-order valence-corrected chi connectivity index (χ2v) is 9.66. The highest BCUT2D eigenvalue weighted by Gasteiger charge is 2.28. The minimum absolute atomic E-state index is 0.00688. The molecule has 0 radical (unpaired) electrons. The molecule has 1 amide bonds. The molecular weight excluding hydrogens is 410 g/mol. The number of carbonyl (C=O) groups excluding carboxylic acids is 1. The van der Waals surface area contributed by atoms with Gasteiger partial charge in [-0.3, -0.25) is 9.69 Å². The second-order valence-electron chi connectivity index (χ2n) is 7.26. The van der Waals surface area contributed by atoms with Gasteiger partial charge in [0.1, 0.15) is 0 Å². The van der Waals surface area contributed by atoms with Crippen molar-refractivity contribution < 1.29 is 13.2 Å². The van der Waals surface area contributed by atoms with Crippen LogP contribution in [0.3, 0.4) is 0 Å². The number of hydrogen-bond donors (Lipinski definition) is 1. The maximum Gasteiger partial charge on any atom is 0.234 e. The lowest BCUT2D eigenvalue weighted by Crippen LogP contribution is -2.51. The van der Waals surface area contributed by atoms with Crippen molar-refractivity contribution in [3.8, 4) is 0 Å². The summed E-state index contributed by atoms with van der Waals surface area (Å²) in [5.74, 6) is -0.0690. The van der Waals surface area contributed by atoms with Gasteiger partial charge in [0.2, 0.25) is 15.9 Å². The van der Waals surface area contributed by atoms with Crippen LogP contribution < -0.4 is 5.32 Å². The maximum absolute atomic E-state index is 12.6. The van der Waals surface area contributed by atoms with Gasteiger partial charge in [-0.25, -0.2) is 8.42 Å². The van der Waals surface area contributed by atoms with Crippen molar-refractivity contribution in [2.24, 2.45) is 0 Å². The Balaban J connectivity index is 1.46.